The third-order valence-electron chi connectivity index (χ3n) is 5.12. The first kappa shape index (κ1) is 25.9. The van der Waals surface area contributed by atoms with E-state index in [2.05, 4.69) is 16.0 Å². The van der Waals surface area contributed by atoms with Gasteiger partial charge in [-0.1, -0.05) is 42.5 Å². The second-order valence-electron chi connectivity index (χ2n) is 8.08. The number of hydrogen-bond acceptors (Lipinski definition) is 5. The summed E-state index contributed by atoms with van der Waals surface area (Å²) < 4.78 is 0. The van der Waals surface area contributed by atoms with Gasteiger partial charge in [-0.15, -0.1) is 23.1 Å². The number of benzene rings is 3. The lowest BCUT2D eigenvalue weighted by atomic mass is 10.2. The minimum absolute atomic E-state index is 0.116. The standard InChI is InChI=1S/C29H25N3O3S2/c1-20-8-5-11-22(16-20)30-27(33)19-37-24-13-6-12-23(17-24)31-29(35)26(18-25-14-7-15-36-25)32-28(34)21-9-3-2-4-10-21/h2-18H,19H2,1H3,(H,30,33)(H,31,35)(H,32,34)/b26-18-. The Bertz CT molecular complexity index is 1420. The van der Waals surface area contributed by atoms with Crippen LogP contribution in [0.4, 0.5) is 11.4 Å². The molecule has 0 saturated heterocycles. The molecule has 0 radical (unpaired) electrons. The third kappa shape index (κ3) is 7.93. The second-order valence-corrected chi connectivity index (χ2v) is 10.1. The van der Waals surface area contributed by atoms with Crippen LogP contribution in [0.15, 0.2) is 107 Å². The summed E-state index contributed by atoms with van der Waals surface area (Å²) in [7, 11) is 0. The van der Waals surface area contributed by atoms with E-state index in [4.69, 9.17) is 0 Å². The van der Waals surface area contributed by atoms with Gasteiger partial charge in [0.15, 0.2) is 0 Å². The van der Waals surface area contributed by atoms with Gasteiger partial charge in [0.1, 0.15) is 5.70 Å². The van der Waals surface area contributed by atoms with Crippen molar-refractivity contribution in [1.29, 1.82) is 0 Å². The summed E-state index contributed by atoms with van der Waals surface area (Å²) in [5, 5.41) is 10.4. The Morgan fingerprint density at radius 1 is 0.838 bits per heavy atom. The molecule has 37 heavy (non-hydrogen) atoms. The highest BCUT2D eigenvalue weighted by Crippen LogP contribution is 2.23. The fourth-order valence-corrected chi connectivity index (χ4v) is 4.80. The van der Waals surface area contributed by atoms with Gasteiger partial charge in [0, 0.05) is 26.7 Å². The SMILES string of the molecule is Cc1cccc(NC(=O)CSc2cccc(NC(=O)/C(=C/c3cccs3)NC(=O)c3ccccc3)c2)c1. The summed E-state index contributed by atoms with van der Waals surface area (Å²) in [5.41, 5.74) is 2.97. The fourth-order valence-electron chi connectivity index (χ4n) is 3.39. The van der Waals surface area contributed by atoms with Crippen LogP contribution in [-0.4, -0.2) is 23.5 Å². The maximum Gasteiger partial charge on any atom is 0.272 e. The minimum Gasteiger partial charge on any atom is -0.325 e. The smallest absolute Gasteiger partial charge is 0.272 e. The summed E-state index contributed by atoms with van der Waals surface area (Å²) in [6.07, 6.45) is 1.65. The molecular formula is C29H25N3O3S2. The number of thiophene rings is 1. The van der Waals surface area contributed by atoms with Crippen LogP contribution in [0.5, 0.6) is 0 Å². The van der Waals surface area contributed by atoms with Crippen LogP contribution >= 0.6 is 23.1 Å². The Kier molecular flexibility index (Phi) is 8.91. The monoisotopic (exact) mass is 527 g/mol. The van der Waals surface area contributed by atoms with Crippen LogP contribution in [-0.2, 0) is 9.59 Å². The molecular weight excluding hydrogens is 502 g/mol. The molecule has 0 bridgehead atoms. The Morgan fingerprint density at radius 2 is 1.59 bits per heavy atom. The van der Waals surface area contributed by atoms with Gasteiger partial charge in [-0.2, -0.15) is 0 Å². The normalized spacial score (nSPS) is 11.0. The Hall–Kier alpha value is -4.14. The molecule has 0 aliphatic rings. The van der Waals surface area contributed by atoms with Crippen molar-refractivity contribution in [3.8, 4) is 0 Å². The predicted octanol–water partition coefficient (Wildman–Crippen LogP) is 6.20. The van der Waals surface area contributed by atoms with E-state index in [1.807, 2.05) is 66.9 Å². The number of amides is 3. The molecule has 4 rings (SSSR count). The Morgan fingerprint density at radius 3 is 2.32 bits per heavy atom. The maximum atomic E-state index is 13.2. The zero-order valence-electron chi connectivity index (χ0n) is 20.1. The first-order valence-electron chi connectivity index (χ1n) is 11.5. The second kappa shape index (κ2) is 12.7. The van der Waals surface area contributed by atoms with Gasteiger partial charge < -0.3 is 16.0 Å². The molecule has 0 saturated carbocycles. The van der Waals surface area contributed by atoms with Gasteiger partial charge >= 0.3 is 0 Å². The van der Waals surface area contributed by atoms with Crippen molar-refractivity contribution in [3.63, 3.8) is 0 Å². The number of nitrogens with one attached hydrogen (secondary N) is 3. The van der Waals surface area contributed by atoms with Gasteiger partial charge in [0.05, 0.1) is 5.75 Å². The van der Waals surface area contributed by atoms with E-state index in [-0.39, 0.29) is 23.3 Å². The number of thioether (sulfide) groups is 1. The topological polar surface area (TPSA) is 87.3 Å². The highest BCUT2D eigenvalue weighted by Gasteiger charge is 2.15. The largest absolute Gasteiger partial charge is 0.325 e. The van der Waals surface area contributed by atoms with E-state index < -0.39 is 5.91 Å². The molecule has 0 atom stereocenters. The maximum absolute atomic E-state index is 13.2. The molecule has 0 fully saturated rings. The van der Waals surface area contributed by atoms with Gasteiger partial charge in [-0.3, -0.25) is 14.4 Å². The molecule has 3 N–H and O–H groups in total. The van der Waals surface area contributed by atoms with Crippen molar-refractivity contribution in [1.82, 2.24) is 5.32 Å². The zero-order valence-corrected chi connectivity index (χ0v) is 21.7. The van der Waals surface area contributed by atoms with Crippen LogP contribution in [0.3, 0.4) is 0 Å². The lowest BCUT2D eigenvalue weighted by Gasteiger charge is -2.12. The number of aryl methyl sites for hydroxylation is 1. The van der Waals surface area contributed by atoms with Gasteiger partial charge in [0.25, 0.3) is 11.8 Å². The minimum atomic E-state index is -0.447. The molecule has 0 aliphatic heterocycles. The van der Waals surface area contributed by atoms with E-state index in [0.717, 1.165) is 21.0 Å². The summed E-state index contributed by atoms with van der Waals surface area (Å²) in [4.78, 5) is 39.9. The Labute approximate surface area is 223 Å². The predicted molar refractivity (Wildman–Crippen MR) is 152 cm³/mol. The molecule has 3 aromatic carbocycles. The van der Waals surface area contributed by atoms with Crippen LogP contribution in [0.25, 0.3) is 6.08 Å². The third-order valence-corrected chi connectivity index (χ3v) is 6.94. The lowest BCUT2D eigenvalue weighted by Crippen LogP contribution is -2.30. The van der Waals surface area contributed by atoms with Crippen molar-refractivity contribution in [2.75, 3.05) is 16.4 Å². The molecule has 186 valence electrons. The average Bonchev–Trinajstić information content (AvgIpc) is 3.41. The van der Waals surface area contributed by atoms with Crippen LogP contribution in [0.1, 0.15) is 20.8 Å². The van der Waals surface area contributed by atoms with Crippen molar-refractivity contribution in [3.05, 3.63) is 118 Å². The van der Waals surface area contributed by atoms with Gasteiger partial charge in [-0.05, 0) is 72.5 Å². The lowest BCUT2D eigenvalue weighted by molar-refractivity contribution is -0.114. The first-order valence-corrected chi connectivity index (χ1v) is 13.3. The summed E-state index contributed by atoms with van der Waals surface area (Å²) >= 11 is 2.83. The number of carbonyl (C=O) groups excluding carboxylic acids is 3. The highest BCUT2D eigenvalue weighted by atomic mass is 32.2. The molecule has 8 heteroatoms. The summed E-state index contributed by atoms with van der Waals surface area (Å²) in [5.74, 6) is -0.712. The molecule has 0 spiro atoms. The van der Waals surface area contributed by atoms with E-state index in [9.17, 15) is 14.4 Å². The average molecular weight is 528 g/mol. The van der Waals surface area contributed by atoms with E-state index in [1.54, 1.807) is 42.5 Å². The van der Waals surface area contributed by atoms with Crippen molar-refractivity contribution >= 4 is 58.3 Å². The summed E-state index contributed by atoms with van der Waals surface area (Å²) in [6.45, 7) is 1.97. The fraction of sp³-hybridized carbons (Fsp3) is 0.0690. The summed E-state index contributed by atoms with van der Waals surface area (Å²) in [6, 6.07) is 27.3. The number of anilines is 2. The molecule has 1 aromatic heterocycles. The van der Waals surface area contributed by atoms with Crippen LogP contribution in [0.2, 0.25) is 0 Å². The molecule has 0 unspecified atom stereocenters. The van der Waals surface area contributed by atoms with E-state index in [1.165, 1.54) is 23.1 Å². The van der Waals surface area contributed by atoms with E-state index >= 15 is 0 Å². The molecule has 1 heterocycles. The molecule has 4 aromatic rings. The highest BCUT2D eigenvalue weighted by molar-refractivity contribution is 8.00. The van der Waals surface area contributed by atoms with Crippen LogP contribution in [0, 0.1) is 6.92 Å². The van der Waals surface area contributed by atoms with Gasteiger partial charge in [-0.25, -0.2) is 0 Å². The van der Waals surface area contributed by atoms with Crippen molar-refractivity contribution < 1.29 is 14.4 Å². The van der Waals surface area contributed by atoms with Crippen molar-refractivity contribution in [2.24, 2.45) is 0 Å². The molecule has 3 amide bonds. The van der Waals surface area contributed by atoms with Crippen molar-refractivity contribution in [2.45, 2.75) is 11.8 Å². The van der Waals surface area contributed by atoms with E-state index in [0.29, 0.717) is 11.3 Å². The number of rotatable bonds is 9. The first-order chi connectivity index (χ1) is 18.0. The number of hydrogen-bond donors (Lipinski definition) is 3. The Balaban J connectivity index is 1.41. The molecule has 6 nitrogen and oxygen atoms in total. The van der Waals surface area contributed by atoms with Crippen LogP contribution < -0.4 is 16.0 Å². The quantitative estimate of drug-likeness (QED) is 0.179. The number of carbonyl (C=O) groups is 3. The molecule has 0 aliphatic carbocycles. The zero-order chi connectivity index (χ0) is 26.0. The van der Waals surface area contributed by atoms with Gasteiger partial charge in [0.2, 0.25) is 5.91 Å².